The first-order chi connectivity index (χ1) is 9.22. The molecule has 0 aliphatic rings. The topological polar surface area (TPSA) is 83.6 Å². The second-order valence-electron chi connectivity index (χ2n) is 4.36. The minimum absolute atomic E-state index is 0.00861. The van der Waals surface area contributed by atoms with Crippen molar-refractivity contribution >= 4 is 17.2 Å². The monoisotopic (exact) mass is 279 g/mol. The lowest BCUT2D eigenvalue weighted by atomic mass is 10.1. The van der Waals surface area contributed by atoms with E-state index < -0.39 is 0 Å². The van der Waals surface area contributed by atoms with Crippen molar-refractivity contribution in [1.29, 1.82) is 0 Å². The fourth-order valence-electron chi connectivity index (χ4n) is 1.84. The zero-order valence-corrected chi connectivity index (χ0v) is 11.8. The first-order valence-electron chi connectivity index (χ1n) is 6.29. The number of carbonyl (C=O) groups is 1. The van der Waals surface area contributed by atoms with Crippen LogP contribution in [-0.4, -0.2) is 26.5 Å². The van der Waals surface area contributed by atoms with Gasteiger partial charge in [-0.2, -0.15) is 5.21 Å². The van der Waals surface area contributed by atoms with Crippen LogP contribution < -0.4 is 5.32 Å². The number of aromatic nitrogens is 4. The van der Waals surface area contributed by atoms with Crippen LogP contribution in [0.3, 0.4) is 0 Å². The van der Waals surface area contributed by atoms with Gasteiger partial charge in [-0.1, -0.05) is 24.6 Å². The van der Waals surface area contributed by atoms with Gasteiger partial charge in [0.25, 0.3) is 0 Å². The van der Waals surface area contributed by atoms with Crippen molar-refractivity contribution in [3.8, 4) is 0 Å². The van der Waals surface area contributed by atoms with Gasteiger partial charge in [0, 0.05) is 4.88 Å². The maximum atomic E-state index is 12.2. The van der Waals surface area contributed by atoms with Crippen molar-refractivity contribution in [2.45, 2.75) is 38.6 Å². The number of hydrogen-bond donors (Lipinski definition) is 2. The summed E-state index contributed by atoms with van der Waals surface area (Å²) in [7, 11) is 0. The summed E-state index contributed by atoms with van der Waals surface area (Å²) in [5.74, 6) is 0.366. The lowest BCUT2D eigenvalue weighted by Crippen LogP contribution is -2.32. The Bertz CT molecular complexity index is 496. The van der Waals surface area contributed by atoms with E-state index in [0.717, 1.165) is 17.7 Å². The summed E-state index contributed by atoms with van der Waals surface area (Å²) in [4.78, 5) is 13.3. The Labute approximate surface area is 115 Å². The van der Waals surface area contributed by atoms with E-state index in [0.29, 0.717) is 5.82 Å². The summed E-state index contributed by atoms with van der Waals surface area (Å²) in [5, 5.41) is 18.8. The van der Waals surface area contributed by atoms with Gasteiger partial charge in [-0.05, 0) is 24.8 Å². The number of carbonyl (C=O) groups excluding carboxylic acids is 1. The molecule has 102 valence electrons. The Balaban J connectivity index is 2.03. The molecule has 2 rings (SSSR count). The fraction of sp³-hybridized carbons (Fsp3) is 0.500. The highest BCUT2D eigenvalue weighted by Gasteiger charge is 2.22. The molecule has 0 aliphatic carbocycles. The zero-order chi connectivity index (χ0) is 13.7. The molecule has 0 saturated carbocycles. The molecule has 0 radical (unpaired) electrons. The van der Waals surface area contributed by atoms with Crippen molar-refractivity contribution < 1.29 is 4.79 Å². The summed E-state index contributed by atoms with van der Waals surface area (Å²) in [6.07, 6.45) is 1.73. The Kier molecular flexibility index (Phi) is 4.62. The molecule has 1 amide bonds. The molecule has 2 unspecified atom stereocenters. The lowest BCUT2D eigenvalue weighted by molar-refractivity contribution is -0.123. The quantitative estimate of drug-likeness (QED) is 0.847. The molecule has 19 heavy (non-hydrogen) atoms. The standard InChI is InChI=1S/C12H17N5OS/c1-3-5-9(11-14-16-17-15-11)13-12(18)8(2)10-6-4-7-19-10/h4,6-9H,3,5H2,1-2H3,(H,13,18)(H,14,15,16,17). The van der Waals surface area contributed by atoms with Crippen molar-refractivity contribution in [2.24, 2.45) is 0 Å². The van der Waals surface area contributed by atoms with Crippen molar-refractivity contribution in [2.75, 3.05) is 0 Å². The Morgan fingerprint density at radius 1 is 1.58 bits per heavy atom. The molecule has 0 bridgehead atoms. The highest BCUT2D eigenvalue weighted by molar-refractivity contribution is 7.10. The predicted molar refractivity (Wildman–Crippen MR) is 72.7 cm³/mol. The molecule has 0 saturated heterocycles. The van der Waals surface area contributed by atoms with Gasteiger partial charge in [0.15, 0.2) is 5.82 Å². The number of H-pyrrole nitrogens is 1. The molecule has 2 aromatic heterocycles. The van der Waals surface area contributed by atoms with Crippen molar-refractivity contribution in [3.05, 3.63) is 28.2 Å². The molecule has 2 heterocycles. The number of tetrazole rings is 1. The highest BCUT2D eigenvalue weighted by atomic mass is 32.1. The maximum absolute atomic E-state index is 12.2. The predicted octanol–water partition coefficient (Wildman–Crippen LogP) is 2.02. The molecule has 2 atom stereocenters. The molecular formula is C12H17N5OS. The van der Waals surface area contributed by atoms with Gasteiger partial charge in [0.1, 0.15) is 0 Å². The van der Waals surface area contributed by atoms with Crippen LogP contribution in [-0.2, 0) is 4.79 Å². The summed E-state index contributed by atoms with van der Waals surface area (Å²) in [5.41, 5.74) is 0. The summed E-state index contributed by atoms with van der Waals surface area (Å²) >= 11 is 1.59. The SMILES string of the molecule is CCCC(NC(=O)C(C)c1cccs1)c1nn[nH]n1. The van der Waals surface area contributed by atoms with Crippen molar-refractivity contribution in [3.63, 3.8) is 0 Å². The average molecular weight is 279 g/mol. The minimum Gasteiger partial charge on any atom is -0.345 e. The van der Waals surface area contributed by atoms with Crippen molar-refractivity contribution in [1.82, 2.24) is 25.9 Å². The van der Waals surface area contributed by atoms with Crippen LogP contribution in [0, 0.1) is 0 Å². The molecule has 0 aromatic carbocycles. The lowest BCUT2D eigenvalue weighted by Gasteiger charge is -2.17. The van der Waals surface area contributed by atoms with Crippen LogP contribution in [0.4, 0.5) is 0 Å². The number of thiophene rings is 1. The van der Waals surface area contributed by atoms with Gasteiger partial charge < -0.3 is 5.32 Å². The largest absolute Gasteiger partial charge is 0.345 e. The third kappa shape index (κ3) is 3.37. The highest BCUT2D eigenvalue weighted by Crippen LogP contribution is 2.22. The van der Waals surface area contributed by atoms with Gasteiger partial charge in [-0.25, -0.2) is 0 Å². The molecular weight excluding hydrogens is 262 g/mol. The first kappa shape index (κ1) is 13.7. The minimum atomic E-state index is -0.182. The van der Waals surface area contributed by atoms with E-state index in [1.54, 1.807) is 11.3 Å². The number of amides is 1. The van der Waals surface area contributed by atoms with Gasteiger partial charge in [-0.15, -0.1) is 21.5 Å². The van der Waals surface area contributed by atoms with Crippen LogP contribution in [0.15, 0.2) is 17.5 Å². The van der Waals surface area contributed by atoms with Gasteiger partial charge >= 0.3 is 0 Å². The maximum Gasteiger partial charge on any atom is 0.228 e. The number of aromatic amines is 1. The Morgan fingerprint density at radius 3 is 3.00 bits per heavy atom. The molecule has 2 aromatic rings. The average Bonchev–Trinajstić information content (AvgIpc) is 3.10. The number of hydrogen-bond acceptors (Lipinski definition) is 5. The van der Waals surface area contributed by atoms with E-state index in [1.807, 2.05) is 24.4 Å². The molecule has 0 spiro atoms. The van der Waals surface area contributed by atoms with Crippen LogP contribution in [0.1, 0.15) is 49.4 Å². The van der Waals surface area contributed by atoms with Crippen LogP contribution >= 0.6 is 11.3 Å². The third-order valence-corrected chi connectivity index (χ3v) is 3.99. The van der Waals surface area contributed by atoms with Gasteiger partial charge in [0.05, 0.1) is 12.0 Å². The Hall–Kier alpha value is -1.76. The van der Waals surface area contributed by atoms with E-state index in [-0.39, 0.29) is 17.9 Å². The Morgan fingerprint density at radius 2 is 2.42 bits per heavy atom. The smallest absolute Gasteiger partial charge is 0.228 e. The zero-order valence-electron chi connectivity index (χ0n) is 11.0. The second kappa shape index (κ2) is 6.42. The van der Waals surface area contributed by atoms with E-state index in [2.05, 4.69) is 32.9 Å². The molecule has 7 heteroatoms. The normalized spacial score (nSPS) is 14.0. The first-order valence-corrected chi connectivity index (χ1v) is 7.17. The second-order valence-corrected chi connectivity index (χ2v) is 5.34. The van der Waals surface area contributed by atoms with Gasteiger partial charge in [-0.3, -0.25) is 4.79 Å². The van der Waals surface area contributed by atoms with Crippen LogP contribution in [0.25, 0.3) is 0 Å². The molecule has 0 aliphatic heterocycles. The summed E-state index contributed by atoms with van der Waals surface area (Å²) < 4.78 is 0. The fourth-order valence-corrected chi connectivity index (χ4v) is 2.62. The molecule has 2 N–H and O–H groups in total. The van der Waals surface area contributed by atoms with E-state index in [1.165, 1.54) is 0 Å². The molecule has 0 fully saturated rings. The summed E-state index contributed by atoms with van der Waals surface area (Å²) in [6.45, 7) is 3.96. The van der Waals surface area contributed by atoms with E-state index in [9.17, 15) is 4.79 Å². The van der Waals surface area contributed by atoms with E-state index >= 15 is 0 Å². The van der Waals surface area contributed by atoms with Crippen LogP contribution in [0.5, 0.6) is 0 Å². The number of nitrogens with one attached hydrogen (secondary N) is 2. The number of rotatable bonds is 6. The van der Waals surface area contributed by atoms with Gasteiger partial charge in [0.2, 0.25) is 5.91 Å². The third-order valence-electron chi connectivity index (χ3n) is 2.93. The molecule has 6 nitrogen and oxygen atoms in total. The summed E-state index contributed by atoms with van der Waals surface area (Å²) in [6, 6.07) is 3.74. The van der Waals surface area contributed by atoms with E-state index in [4.69, 9.17) is 0 Å². The van der Waals surface area contributed by atoms with Crippen LogP contribution in [0.2, 0.25) is 0 Å². The number of nitrogens with zero attached hydrogens (tertiary/aromatic N) is 3.